The van der Waals surface area contributed by atoms with Crippen LogP contribution in [0.5, 0.6) is 0 Å². The highest BCUT2D eigenvalue weighted by molar-refractivity contribution is 7.09. The van der Waals surface area contributed by atoms with Gasteiger partial charge in [-0.05, 0) is 51.2 Å². The number of hydrogen-bond acceptors (Lipinski definition) is 5. The first-order chi connectivity index (χ1) is 11.9. The molecule has 2 heterocycles. The van der Waals surface area contributed by atoms with Gasteiger partial charge in [0.2, 0.25) is 0 Å². The number of carbonyl (C=O) groups is 2. The zero-order valence-corrected chi connectivity index (χ0v) is 16.3. The number of nitrogens with zero attached hydrogens (tertiary/aromatic N) is 1. The van der Waals surface area contributed by atoms with Crippen molar-refractivity contribution in [3.63, 3.8) is 0 Å². The summed E-state index contributed by atoms with van der Waals surface area (Å²) in [7, 11) is 0. The number of hydrogen-bond donors (Lipinski definition) is 1. The van der Waals surface area contributed by atoms with Gasteiger partial charge in [0.25, 0.3) is 0 Å². The number of Topliss-reactive ketones (excluding diaryl/α,β-unsaturated/α-hetero) is 1. The van der Waals surface area contributed by atoms with Crippen molar-refractivity contribution in [3.8, 4) is 0 Å². The van der Waals surface area contributed by atoms with Gasteiger partial charge in [-0.1, -0.05) is 13.0 Å². The number of H-pyrrole nitrogens is 1. The molecule has 6 heteroatoms. The Morgan fingerprint density at radius 1 is 1.32 bits per heavy atom. The van der Waals surface area contributed by atoms with Crippen LogP contribution in [0, 0.1) is 13.8 Å². The van der Waals surface area contributed by atoms with E-state index in [1.54, 1.807) is 32.1 Å². The predicted molar refractivity (Wildman–Crippen MR) is 100 cm³/mol. The summed E-state index contributed by atoms with van der Waals surface area (Å²) >= 11 is 1.69. The molecule has 2 aromatic heterocycles. The quantitative estimate of drug-likeness (QED) is 0.570. The van der Waals surface area contributed by atoms with Crippen molar-refractivity contribution in [1.29, 1.82) is 0 Å². The molecule has 0 aliphatic rings. The summed E-state index contributed by atoms with van der Waals surface area (Å²) in [4.78, 5) is 31.6. The first-order valence-electron chi connectivity index (χ1n) is 8.57. The average Bonchev–Trinajstić information content (AvgIpc) is 3.19. The zero-order chi connectivity index (χ0) is 18.6. The van der Waals surface area contributed by atoms with Crippen LogP contribution in [0.4, 0.5) is 0 Å². The molecule has 2 rings (SSSR count). The smallest absolute Gasteiger partial charge is 0.340 e. The molecule has 5 nitrogen and oxygen atoms in total. The Balaban J connectivity index is 2.24. The minimum atomic E-state index is -0.383. The Hall–Kier alpha value is -1.92. The first-order valence-corrected chi connectivity index (χ1v) is 9.45. The van der Waals surface area contributed by atoms with Gasteiger partial charge < -0.3 is 9.72 Å². The Labute approximate surface area is 153 Å². The van der Waals surface area contributed by atoms with Crippen LogP contribution in [0.2, 0.25) is 0 Å². The van der Waals surface area contributed by atoms with Gasteiger partial charge in [0.05, 0.1) is 23.9 Å². The van der Waals surface area contributed by atoms with Gasteiger partial charge in [0.15, 0.2) is 5.78 Å². The fourth-order valence-corrected chi connectivity index (χ4v) is 3.74. The molecule has 0 aliphatic carbocycles. The summed E-state index contributed by atoms with van der Waals surface area (Å²) in [6.45, 7) is 11.2. The Kier molecular flexibility index (Phi) is 6.56. The van der Waals surface area contributed by atoms with E-state index in [4.69, 9.17) is 4.74 Å². The number of aromatic nitrogens is 1. The van der Waals surface area contributed by atoms with Crippen LogP contribution in [0.3, 0.4) is 0 Å². The van der Waals surface area contributed by atoms with Crippen LogP contribution in [0.15, 0.2) is 17.5 Å². The van der Waals surface area contributed by atoms with Crippen molar-refractivity contribution in [2.45, 2.75) is 47.2 Å². The minimum Gasteiger partial charge on any atom is -0.462 e. The summed E-state index contributed by atoms with van der Waals surface area (Å²) in [5, 5.41) is 2.04. The molecule has 1 atom stereocenters. The average molecular weight is 362 g/mol. The monoisotopic (exact) mass is 362 g/mol. The first kappa shape index (κ1) is 19.4. The number of aromatic amines is 1. The molecule has 0 bridgehead atoms. The maximum atomic E-state index is 13.0. The topological polar surface area (TPSA) is 62.4 Å². The summed E-state index contributed by atoms with van der Waals surface area (Å²) < 4.78 is 5.10. The van der Waals surface area contributed by atoms with E-state index in [9.17, 15) is 9.59 Å². The largest absolute Gasteiger partial charge is 0.462 e. The number of ketones is 1. The molecule has 0 aliphatic heterocycles. The lowest BCUT2D eigenvalue weighted by atomic mass is 10.0. The second kappa shape index (κ2) is 8.45. The lowest BCUT2D eigenvalue weighted by Crippen LogP contribution is -2.38. The van der Waals surface area contributed by atoms with Gasteiger partial charge in [0, 0.05) is 17.1 Å². The minimum absolute atomic E-state index is 0.00504. The Morgan fingerprint density at radius 3 is 2.60 bits per heavy atom. The third kappa shape index (κ3) is 4.19. The molecule has 0 spiro atoms. The predicted octanol–water partition coefficient (Wildman–Crippen LogP) is 3.96. The van der Waals surface area contributed by atoms with Gasteiger partial charge >= 0.3 is 5.97 Å². The fraction of sp³-hybridized carbons (Fsp3) is 0.474. The lowest BCUT2D eigenvalue weighted by molar-refractivity contribution is 0.0525. The summed E-state index contributed by atoms with van der Waals surface area (Å²) in [5.74, 6) is -0.388. The van der Waals surface area contributed by atoms with Crippen molar-refractivity contribution < 1.29 is 14.3 Å². The van der Waals surface area contributed by atoms with Crippen molar-refractivity contribution in [1.82, 2.24) is 9.88 Å². The van der Waals surface area contributed by atoms with Crippen LogP contribution in [0.25, 0.3) is 0 Å². The summed E-state index contributed by atoms with van der Waals surface area (Å²) in [6.07, 6.45) is 0. The zero-order valence-electron chi connectivity index (χ0n) is 15.5. The van der Waals surface area contributed by atoms with Crippen LogP contribution < -0.4 is 0 Å². The second-order valence-corrected chi connectivity index (χ2v) is 7.06. The maximum absolute atomic E-state index is 13.0. The number of carbonyl (C=O) groups excluding carboxylic acids is 2. The molecule has 0 unspecified atom stereocenters. The number of ether oxygens (including phenoxy) is 1. The lowest BCUT2D eigenvalue weighted by Gasteiger charge is -2.26. The highest BCUT2D eigenvalue weighted by atomic mass is 32.1. The highest BCUT2D eigenvalue weighted by Crippen LogP contribution is 2.22. The molecule has 2 aromatic rings. The van der Waals surface area contributed by atoms with Crippen LogP contribution >= 0.6 is 11.3 Å². The third-order valence-electron chi connectivity index (χ3n) is 4.44. The van der Waals surface area contributed by atoms with Crippen LogP contribution in [0.1, 0.15) is 57.8 Å². The van der Waals surface area contributed by atoms with E-state index in [1.807, 2.05) is 25.3 Å². The molecule has 0 amide bonds. The normalized spacial score (nSPS) is 12.4. The van der Waals surface area contributed by atoms with E-state index in [0.29, 0.717) is 29.1 Å². The van der Waals surface area contributed by atoms with Crippen molar-refractivity contribution >= 4 is 23.1 Å². The van der Waals surface area contributed by atoms with Gasteiger partial charge in [-0.2, -0.15) is 0 Å². The number of esters is 1. The van der Waals surface area contributed by atoms with E-state index in [0.717, 1.165) is 13.1 Å². The Morgan fingerprint density at radius 2 is 2.04 bits per heavy atom. The van der Waals surface area contributed by atoms with E-state index >= 15 is 0 Å². The molecule has 0 fully saturated rings. The van der Waals surface area contributed by atoms with Gasteiger partial charge in [-0.15, -0.1) is 11.3 Å². The number of rotatable bonds is 8. The molecule has 0 radical (unpaired) electrons. The van der Waals surface area contributed by atoms with Crippen LogP contribution in [-0.4, -0.2) is 40.8 Å². The van der Waals surface area contributed by atoms with Gasteiger partial charge in [-0.25, -0.2) is 4.79 Å². The number of aryl methyl sites for hydroxylation is 1. The molecule has 25 heavy (non-hydrogen) atoms. The van der Waals surface area contributed by atoms with E-state index in [2.05, 4.69) is 16.0 Å². The number of thiophene rings is 1. The Bertz CT molecular complexity index is 734. The van der Waals surface area contributed by atoms with Gasteiger partial charge in [-0.3, -0.25) is 9.69 Å². The molecule has 0 aromatic carbocycles. The summed E-state index contributed by atoms with van der Waals surface area (Å²) in [5.41, 5.74) is 2.31. The molecule has 0 saturated carbocycles. The molecule has 1 N–H and O–H groups in total. The molecular weight excluding hydrogens is 336 g/mol. The second-order valence-electron chi connectivity index (χ2n) is 6.03. The molecule has 136 valence electrons. The molecule has 0 saturated heterocycles. The van der Waals surface area contributed by atoms with E-state index in [1.165, 1.54) is 4.88 Å². The van der Waals surface area contributed by atoms with Crippen molar-refractivity contribution in [2.75, 3.05) is 13.2 Å². The summed E-state index contributed by atoms with van der Waals surface area (Å²) in [6, 6.07) is 3.82. The SMILES string of the molecule is CCOC(=O)c1c(C)[nH]c(C(=O)[C@H](C)N(CC)Cc2cccs2)c1C. The van der Waals surface area contributed by atoms with Crippen LogP contribution in [-0.2, 0) is 11.3 Å². The molecular formula is C19H26N2O3S. The standard InChI is InChI=1S/C19H26N2O3S/c1-6-21(11-15-9-8-10-25-15)14(5)18(22)17-12(3)16(13(4)20-17)19(23)24-7-2/h8-10,14,20H,6-7,11H2,1-5H3/t14-/m0/s1. The van der Waals surface area contributed by atoms with E-state index < -0.39 is 0 Å². The van der Waals surface area contributed by atoms with Gasteiger partial charge in [0.1, 0.15) is 0 Å². The fourth-order valence-electron chi connectivity index (χ4n) is 3.01. The maximum Gasteiger partial charge on any atom is 0.340 e. The number of nitrogens with one attached hydrogen (secondary N) is 1. The third-order valence-corrected chi connectivity index (χ3v) is 5.30. The van der Waals surface area contributed by atoms with Crippen molar-refractivity contribution in [2.24, 2.45) is 0 Å². The highest BCUT2D eigenvalue weighted by Gasteiger charge is 2.28. The van der Waals surface area contributed by atoms with Crippen molar-refractivity contribution in [3.05, 3.63) is 44.9 Å². The number of likely N-dealkylation sites (N-methyl/N-ethyl adjacent to an activating group) is 1. The van der Waals surface area contributed by atoms with E-state index in [-0.39, 0.29) is 17.8 Å².